The van der Waals surface area contributed by atoms with Crippen molar-refractivity contribution in [2.75, 3.05) is 17.4 Å². The standard InChI is InChI=1S/C34H35Cl2N3O4S/c1-3-20-37-34(41)32(21-26-10-6-4-7-11-26)38(23-27-12-8-5-9-13-27)33(40)24-39(31-22-28(35)16-19-30(31)36)44(42,43)29-17-14-25(2)15-18-29/h4-19,22,32H,3,20-21,23-24H2,1-2H3,(H,37,41)/t32-/m1/s1. The van der Waals surface area contributed by atoms with Crippen molar-refractivity contribution in [1.29, 1.82) is 0 Å². The Bertz CT molecular complexity index is 1670. The number of rotatable bonds is 13. The smallest absolute Gasteiger partial charge is 0.264 e. The second-order valence-electron chi connectivity index (χ2n) is 10.4. The zero-order valence-electron chi connectivity index (χ0n) is 24.6. The van der Waals surface area contributed by atoms with Crippen molar-refractivity contribution >= 4 is 50.7 Å². The van der Waals surface area contributed by atoms with Crippen molar-refractivity contribution < 1.29 is 18.0 Å². The van der Waals surface area contributed by atoms with E-state index in [9.17, 15) is 18.0 Å². The van der Waals surface area contributed by atoms with Gasteiger partial charge in [0, 0.05) is 24.5 Å². The second kappa shape index (κ2) is 15.2. The third kappa shape index (κ3) is 8.40. The van der Waals surface area contributed by atoms with E-state index in [-0.39, 0.29) is 39.5 Å². The summed E-state index contributed by atoms with van der Waals surface area (Å²) in [4.78, 5) is 29.5. The van der Waals surface area contributed by atoms with Crippen LogP contribution in [0.4, 0.5) is 5.69 Å². The topological polar surface area (TPSA) is 86.8 Å². The molecule has 0 unspecified atom stereocenters. The lowest BCUT2D eigenvalue weighted by molar-refractivity contribution is -0.140. The third-order valence-corrected chi connectivity index (χ3v) is 9.41. The number of amides is 2. The van der Waals surface area contributed by atoms with Crippen LogP contribution in [0.3, 0.4) is 0 Å². The van der Waals surface area contributed by atoms with Crippen molar-refractivity contribution in [3.05, 3.63) is 130 Å². The number of anilines is 1. The Morgan fingerprint density at radius 3 is 2.07 bits per heavy atom. The number of hydrogen-bond donors (Lipinski definition) is 1. The highest BCUT2D eigenvalue weighted by molar-refractivity contribution is 7.92. The Balaban J connectivity index is 1.81. The van der Waals surface area contributed by atoms with Crippen molar-refractivity contribution in [1.82, 2.24) is 10.2 Å². The maximum atomic E-state index is 14.4. The van der Waals surface area contributed by atoms with Gasteiger partial charge in [0.2, 0.25) is 11.8 Å². The fourth-order valence-corrected chi connectivity index (χ4v) is 6.59. The summed E-state index contributed by atoms with van der Waals surface area (Å²) in [5, 5.41) is 3.29. The van der Waals surface area contributed by atoms with Gasteiger partial charge in [-0.3, -0.25) is 13.9 Å². The van der Waals surface area contributed by atoms with Gasteiger partial charge in [0.25, 0.3) is 10.0 Å². The molecule has 0 aromatic heterocycles. The summed E-state index contributed by atoms with van der Waals surface area (Å²) < 4.78 is 29.2. The molecule has 1 N–H and O–H groups in total. The Morgan fingerprint density at radius 1 is 0.841 bits per heavy atom. The van der Waals surface area contributed by atoms with Gasteiger partial charge in [0.05, 0.1) is 15.6 Å². The normalized spacial score (nSPS) is 11.9. The first-order chi connectivity index (χ1) is 21.1. The van der Waals surface area contributed by atoms with Crippen LogP contribution in [0.2, 0.25) is 10.0 Å². The van der Waals surface area contributed by atoms with Gasteiger partial charge < -0.3 is 10.2 Å². The van der Waals surface area contributed by atoms with E-state index in [1.54, 1.807) is 18.2 Å². The first kappa shape index (κ1) is 33.1. The van der Waals surface area contributed by atoms with E-state index in [0.29, 0.717) is 13.0 Å². The van der Waals surface area contributed by atoms with Gasteiger partial charge >= 0.3 is 0 Å². The molecule has 4 aromatic rings. The van der Waals surface area contributed by atoms with Crippen LogP contribution in [0.15, 0.2) is 108 Å². The number of sulfonamides is 1. The number of carbonyl (C=O) groups excluding carboxylic acids is 2. The summed E-state index contributed by atoms with van der Waals surface area (Å²) in [6.07, 6.45) is 0.948. The Hall–Kier alpha value is -3.85. The number of nitrogens with one attached hydrogen (secondary N) is 1. The average molecular weight is 653 g/mol. The summed E-state index contributed by atoms with van der Waals surface area (Å²) in [7, 11) is -4.29. The van der Waals surface area contributed by atoms with Crippen LogP contribution in [-0.4, -0.2) is 44.3 Å². The molecule has 0 saturated heterocycles. The van der Waals surface area contributed by atoms with Crippen molar-refractivity contribution in [2.45, 2.75) is 44.2 Å². The van der Waals surface area contributed by atoms with Gasteiger partial charge in [-0.25, -0.2) is 8.42 Å². The molecule has 0 radical (unpaired) electrons. The van der Waals surface area contributed by atoms with Gasteiger partial charge in [-0.1, -0.05) is 108 Å². The molecule has 10 heteroatoms. The SMILES string of the molecule is CCCNC(=O)[C@@H](Cc1ccccc1)N(Cc1ccccc1)C(=O)CN(c1cc(Cl)ccc1Cl)S(=O)(=O)c1ccc(C)cc1. The minimum atomic E-state index is -4.29. The number of halogens is 2. The van der Waals surface area contributed by atoms with Crippen LogP contribution in [0, 0.1) is 6.92 Å². The predicted octanol–water partition coefficient (Wildman–Crippen LogP) is 6.66. The molecule has 4 aromatic carbocycles. The molecule has 1 atom stereocenters. The molecule has 44 heavy (non-hydrogen) atoms. The highest BCUT2D eigenvalue weighted by Gasteiger charge is 2.35. The predicted molar refractivity (Wildman–Crippen MR) is 176 cm³/mol. The summed E-state index contributed by atoms with van der Waals surface area (Å²) in [5.74, 6) is -0.901. The molecule has 0 aliphatic rings. The Labute approximate surface area is 269 Å². The molecule has 0 saturated carbocycles. The first-order valence-corrected chi connectivity index (χ1v) is 16.5. The lowest BCUT2D eigenvalue weighted by Crippen LogP contribution is -2.53. The monoisotopic (exact) mass is 651 g/mol. The summed E-state index contributed by atoms with van der Waals surface area (Å²) in [5.41, 5.74) is 2.58. The highest BCUT2D eigenvalue weighted by atomic mass is 35.5. The second-order valence-corrected chi connectivity index (χ2v) is 13.1. The quantitative estimate of drug-likeness (QED) is 0.175. The summed E-state index contributed by atoms with van der Waals surface area (Å²) in [6, 6.07) is 28.6. The van der Waals surface area contributed by atoms with Crippen molar-refractivity contribution in [3.8, 4) is 0 Å². The molecular formula is C34H35Cl2N3O4S. The van der Waals surface area contributed by atoms with E-state index < -0.39 is 28.5 Å². The molecule has 7 nitrogen and oxygen atoms in total. The first-order valence-electron chi connectivity index (χ1n) is 14.3. The lowest BCUT2D eigenvalue weighted by Gasteiger charge is -2.34. The van der Waals surface area contributed by atoms with Crippen LogP contribution in [0.1, 0.15) is 30.0 Å². The van der Waals surface area contributed by atoms with Gasteiger partial charge in [-0.15, -0.1) is 0 Å². The maximum Gasteiger partial charge on any atom is 0.264 e. The van der Waals surface area contributed by atoms with Gasteiger partial charge in [0.15, 0.2) is 0 Å². The lowest BCUT2D eigenvalue weighted by atomic mass is 10.0. The van der Waals surface area contributed by atoms with Crippen LogP contribution in [0.5, 0.6) is 0 Å². The van der Waals surface area contributed by atoms with Crippen LogP contribution in [0.25, 0.3) is 0 Å². The largest absolute Gasteiger partial charge is 0.354 e. The number of aryl methyl sites for hydroxylation is 1. The number of carbonyl (C=O) groups is 2. The van der Waals surface area contributed by atoms with Crippen LogP contribution in [-0.2, 0) is 32.6 Å². The van der Waals surface area contributed by atoms with E-state index in [0.717, 1.165) is 21.0 Å². The third-order valence-electron chi connectivity index (χ3n) is 7.08. The number of nitrogens with zero attached hydrogens (tertiary/aromatic N) is 2. The number of benzene rings is 4. The molecule has 0 heterocycles. The Morgan fingerprint density at radius 2 is 1.45 bits per heavy atom. The van der Waals surface area contributed by atoms with Gasteiger partial charge in [-0.2, -0.15) is 0 Å². The van der Waals surface area contributed by atoms with E-state index in [4.69, 9.17) is 23.2 Å². The molecule has 0 aliphatic carbocycles. The molecule has 0 bridgehead atoms. The van der Waals surface area contributed by atoms with Crippen LogP contribution < -0.4 is 9.62 Å². The molecule has 2 amide bonds. The van der Waals surface area contributed by atoms with E-state index in [1.807, 2.05) is 74.5 Å². The number of hydrogen-bond acceptors (Lipinski definition) is 4. The van der Waals surface area contributed by atoms with E-state index in [2.05, 4.69) is 5.32 Å². The highest BCUT2D eigenvalue weighted by Crippen LogP contribution is 2.33. The van der Waals surface area contributed by atoms with E-state index in [1.165, 1.54) is 29.2 Å². The maximum absolute atomic E-state index is 14.4. The van der Waals surface area contributed by atoms with Gasteiger partial charge in [0.1, 0.15) is 12.6 Å². The molecule has 0 aliphatic heterocycles. The molecule has 4 rings (SSSR count). The molecule has 230 valence electrons. The zero-order chi connectivity index (χ0) is 31.7. The fourth-order valence-electron chi connectivity index (χ4n) is 4.73. The minimum absolute atomic E-state index is 0.0110. The molecule has 0 spiro atoms. The Kier molecular flexibility index (Phi) is 11.4. The molecular weight excluding hydrogens is 617 g/mol. The van der Waals surface area contributed by atoms with Gasteiger partial charge in [-0.05, 0) is 54.8 Å². The van der Waals surface area contributed by atoms with E-state index >= 15 is 0 Å². The van der Waals surface area contributed by atoms with Crippen molar-refractivity contribution in [2.24, 2.45) is 0 Å². The average Bonchev–Trinajstić information content (AvgIpc) is 3.02. The van der Waals surface area contributed by atoms with Crippen molar-refractivity contribution in [3.63, 3.8) is 0 Å². The minimum Gasteiger partial charge on any atom is -0.354 e. The molecule has 0 fully saturated rings. The summed E-state index contributed by atoms with van der Waals surface area (Å²) in [6.45, 7) is 3.70. The fraction of sp³-hybridized carbons (Fsp3) is 0.235. The van der Waals surface area contributed by atoms with Crippen LogP contribution >= 0.6 is 23.2 Å². The zero-order valence-corrected chi connectivity index (χ0v) is 26.9. The summed E-state index contributed by atoms with van der Waals surface area (Å²) >= 11 is 12.8.